The second-order valence-corrected chi connectivity index (χ2v) is 4.61. The van der Waals surface area contributed by atoms with E-state index in [9.17, 15) is 9.59 Å². The van der Waals surface area contributed by atoms with Gasteiger partial charge in [-0.15, -0.1) is 0 Å². The molecule has 1 aliphatic carbocycles. The summed E-state index contributed by atoms with van der Waals surface area (Å²) in [5.74, 6) is -0.0335. The molecule has 3 heteroatoms. The van der Waals surface area contributed by atoms with Gasteiger partial charge in [0.2, 0.25) is 5.91 Å². The highest BCUT2D eigenvalue weighted by Gasteiger charge is 2.49. The van der Waals surface area contributed by atoms with Crippen LogP contribution in [0.2, 0.25) is 0 Å². The van der Waals surface area contributed by atoms with Crippen LogP contribution >= 0.6 is 0 Å². The number of imide groups is 1. The SMILES string of the molecule is C=C(C)C(=O)N1C(=O)C2CCCCCC21. The number of amides is 2. The van der Waals surface area contributed by atoms with Gasteiger partial charge < -0.3 is 0 Å². The lowest BCUT2D eigenvalue weighted by atomic mass is 9.83. The van der Waals surface area contributed by atoms with Gasteiger partial charge in [0.1, 0.15) is 0 Å². The summed E-state index contributed by atoms with van der Waals surface area (Å²) < 4.78 is 0. The van der Waals surface area contributed by atoms with Crippen molar-refractivity contribution in [1.29, 1.82) is 0 Å². The third-order valence-electron chi connectivity index (χ3n) is 3.45. The lowest BCUT2D eigenvalue weighted by Gasteiger charge is -2.45. The molecule has 0 aromatic heterocycles. The maximum Gasteiger partial charge on any atom is 0.255 e. The Balaban J connectivity index is 2.12. The fourth-order valence-corrected chi connectivity index (χ4v) is 2.60. The number of carbonyl (C=O) groups excluding carboxylic acids is 2. The summed E-state index contributed by atoms with van der Waals surface area (Å²) in [5, 5.41) is 0. The summed E-state index contributed by atoms with van der Waals surface area (Å²) in [4.78, 5) is 24.9. The number of hydrogen-bond acceptors (Lipinski definition) is 2. The van der Waals surface area contributed by atoms with Gasteiger partial charge in [-0.25, -0.2) is 0 Å². The standard InChI is InChI=1S/C12H17NO2/c1-8(2)11(14)13-10-7-5-3-4-6-9(10)12(13)15/h9-10H,1,3-7H2,2H3. The molecular formula is C12H17NO2. The van der Waals surface area contributed by atoms with Crippen molar-refractivity contribution >= 4 is 11.8 Å². The molecule has 1 aliphatic heterocycles. The average molecular weight is 207 g/mol. The smallest absolute Gasteiger partial charge is 0.255 e. The number of β-lactam (4-membered cyclic amide) rings is 1. The van der Waals surface area contributed by atoms with Crippen LogP contribution in [0.15, 0.2) is 12.2 Å². The van der Waals surface area contributed by atoms with Crippen molar-refractivity contribution in [3.8, 4) is 0 Å². The summed E-state index contributed by atoms with van der Waals surface area (Å²) >= 11 is 0. The molecule has 0 aromatic rings. The van der Waals surface area contributed by atoms with Gasteiger partial charge in [0.15, 0.2) is 0 Å². The first kappa shape index (κ1) is 10.4. The van der Waals surface area contributed by atoms with Crippen LogP contribution in [0.5, 0.6) is 0 Å². The van der Waals surface area contributed by atoms with Crippen LogP contribution in [0.3, 0.4) is 0 Å². The highest BCUT2D eigenvalue weighted by Crippen LogP contribution is 2.37. The van der Waals surface area contributed by atoms with Crippen LogP contribution in [0.25, 0.3) is 0 Å². The summed E-state index contributed by atoms with van der Waals surface area (Å²) in [6.07, 6.45) is 5.39. The molecule has 15 heavy (non-hydrogen) atoms. The van der Waals surface area contributed by atoms with Crippen LogP contribution in [0, 0.1) is 5.92 Å². The first-order chi connectivity index (χ1) is 7.13. The Kier molecular flexibility index (Phi) is 2.63. The largest absolute Gasteiger partial charge is 0.275 e. The van der Waals surface area contributed by atoms with Crippen molar-refractivity contribution < 1.29 is 9.59 Å². The minimum absolute atomic E-state index is 0.0231. The van der Waals surface area contributed by atoms with Crippen molar-refractivity contribution in [1.82, 2.24) is 4.90 Å². The molecule has 0 aromatic carbocycles. The van der Waals surface area contributed by atoms with Crippen molar-refractivity contribution in [2.45, 2.75) is 45.1 Å². The van der Waals surface area contributed by atoms with E-state index >= 15 is 0 Å². The summed E-state index contributed by atoms with van der Waals surface area (Å²) in [7, 11) is 0. The zero-order valence-electron chi connectivity index (χ0n) is 9.16. The molecule has 1 saturated heterocycles. The number of nitrogens with zero attached hydrogens (tertiary/aromatic N) is 1. The highest BCUT2D eigenvalue weighted by molar-refractivity contribution is 6.08. The average Bonchev–Trinajstić information content (AvgIpc) is 2.40. The molecule has 2 atom stereocenters. The fraction of sp³-hybridized carbons (Fsp3) is 0.667. The fourth-order valence-electron chi connectivity index (χ4n) is 2.60. The van der Waals surface area contributed by atoms with Gasteiger partial charge in [0.25, 0.3) is 5.91 Å². The minimum Gasteiger partial charge on any atom is -0.275 e. The van der Waals surface area contributed by atoms with E-state index in [4.69, 9.17) is 0 Å². The first-order valence-electron chi connectivity index (χ1n) is 5.66. The number of fused-ring (bicyclic) bond motifs is 1. The van der Waals surface area contributed by atoms with E-state index in [1.807, 2.05) is 0 Å². The molecule has 2 unspecified atom stereocenters. The van der Waals surface area contributed by atoms with Gasteiger partial charge >= 0.3 is 0 Å². The molecule has 2 fully saturated rings. The third kappa shape index (κ3) is 1.60. The van der Waals surface area contributed by atoms with Crippen molar-refractivity contribution in [3.63, 3.8) is 0 Å². The van der Waals surface area contributed by atoms with E-state index < -0.39 is 0 Å². The first-order valence-corrected chi connectivity index (χ1v) is 5.66. The Hall–Kier alpha value is -1.12. The number of rotatable bonds is 1. The molecule has 3 nitrogen and oxygen atoms in total. The maximum atomic E-state index is 11.8. The van der Waals surface area contributed by atoms with E-state index in [1.165, 1.54) is 11.3 Å². The molecule has 0 spiro atoms. The Morgan fingerprint density at radius 1 is 1.33 bits per heavy atom. The van der Waals surface area contributed by atoms with Crippen molar-refractivity contribution in [2.75, 3.05) is 0 Å². The van der Waals surface area contributed by atoms with Crippen LogP contribution < -0.4 is 0 Å². The molecule has 0 radical (unpaired) electrons. The molecule has 82 valence electrons. The molecule has 1 heterocycles. The molecule has 2 amide bonds. The normalized spacial score (nSPS) is 30.2. The van der Waals surface area contributed by atoms with E-state index in [0.29, 0.717) is 5.57 Å². The molecular weight excluding hydrogens is 190 g/mol. The van der Waals surface area contributed by atoms with Gasteiger partial charge in [0.05, 0.1) is 12.0 Å². The van der Waals surface area contributed by atoms with Crippen LogP contribution in [0.4, 0.5) is 0 Å². The van der Waals surface area contributed by atoms with Gasteiger partial charge in [-0.2, -0.15) is 0 Å². The molecule has 0 bridgehead atoms. The van der Waals surface area contributed by atoms with Gasteiger partial charge in [-0.1, -0.05) is 25.8 Å². The number of carbonyl (C=O) groups is 2. The third-order valence-corrected chi connectivity index (χ3v) is 3.45. The van der Waals surface area contributed by atoms with Crippen molar-refractivity contribution in [3.05, 3.63) is 12.2 Å². The van der Waals surface area contributed by atoms with E-state index in [2.05, 4.69) is 6.58 Å². The quantitative estimate of drug-likeness (QED) is 0.486. The second kappa shape index (κ2) is 3.80. The van der Waals surface area contributed by atoms with E-state index in [1.54, 1.807) is 6.92 Å². The monoisotopic (exact) mass is 207 g/mol. The highest BCUT2D eigenvalue weighted by atomic mass is 16.2. The van der Waals surface area contributed by atoms with Gasteiger partial charge in [-0.3, -0.25) is 14.5 Å². The zero-order valence-corrected chi connectivity index (χ0v) is 9.16. The Morgan fingerprint density at radius 3 is 2.67 bits per heavy atom. The molecule has 2 aliphatic rings. The topological polar surface area (TPSA) is 37.4 Å². The zero-order chi connectivity index (χ0) is 11.0. The predicted octanol–water partition coefficient (Wildman–Crippen LogP) is 1.88. The van der Waals surface area contributed by atoms with E-state index in [-0.39, 0.29) is 23.8 Å². The molecule has 2 rings (SSSR count). The Morgan fingerprint density at radius 2 is 2.00 bits per heavy atom. The summed E-state index contributed by atoms with van der Waals surface area (Å²) in [5.41, 5.74) is 0.464. The number of likely N-dealkylation sites (tertiary alicyclic amines) is 1. The van der Waals surface area contributed by atoms with Crippen molar-refractivity contribution in [2.24, 2.45) is 5.92 Å². The minimum atomic E-state index is -0.178. The van der Waals surface area contributed by atoms with E-state index in [0.717, 1.165) is 25.7 Å². The van der Waals surface area contributed by atoms with Gasteiger partial charge in [0, 0.05) is 5.57 Å². The molecule has 0 N–H and O–H groups in total. The Labute approximate surface area is 90.1 Å². The summed E-state index contributed by atoms with van der Waals surface area (Å²) in [6.45, 7) is 5.28. The lowest BCUT2D eigenvalue weighted by Crippen LogP contribution is -2.62. The second-order valence-electron chi connectivity index (χ2n) is 4.61. The Bertz CT molecular complexity index is 322. The lowest BCUT2D eigenvalue weighted by molar-refractivity contribution is -0.164. The van der Waals surface area contributed by atoms with Crippen LogP contribution in [-0.2, 0) is 9.59 Å². The molecule has 1 saturated carbocycles. The van der Waals surface area contributed by atoms with Gasteiger partial charge in [-0.05, 0) is 19.8 Å². The summed E-state index contributed by atoms with van der Waals surface area (Å²) in [6, 6.07) is 0.171. The van der Waals surface area contributed by atoms with Crippen LogP contribution in [-0.4, -0.2) is 22.8 Å². The van der Waals surface area contributed by atoms with Crippen LogP contribution in [0.1, 0.15) is 39.0 Å². The maximum absolute atomic E-state index is 11.8. The predicted molar refractivity (Wildman–Crippen MR) is 57.0 cm³/mol. The number of hydrogen-bond donors (Lipinski definition) is 0.